The second-order valence-corrected chi connectivity index (χ2v) is 10.2. The molecule has 0 radical (unpaired) electrons. The first-order chi connectivity index (χ1) is 17.9. The van der Waals surface area contributed by atoms with Crippen LogP contribution in [-0.2, 0) is 14.4 Å². The number of aromatic nitrogens is 1. The second kappa shape index (κ2) is 12.2. The summed E-state index contributed by atoms with van der Waals surface area (Å²) in [6.07, 6.45) is 7.68. The van der Waals surface area contributed by atoms with Gasteiger partial charge in [-0.15, -0.1) is 11.3 Å². The van der Waals surface area contributed by atoms with E-state index in [0.717, 1.165) is 25.7 Å². The number of carbonyl (C=O) groups is 4. The summed E-state index contributed by atoms with van der Waals surface area (Å²) in [6.45, 7) is 0.0344. The van der Waals surface area contributed by atoms with Crippen molar-refractivity contribution in [2.75, 3.05) is 39.2 Å². The number of piperazine rings is 1. The molecule has 198 valence electrons. The van der Waals surface area contributed by atoms with Crippen LogP contribution in [0.1, 0.15) is 48.9 Å². The molecule has 2 fully saturated rings. The van der Waals surface area contributed by atoms with Crippen molar-refractivity contribution >= 4 is 40.0 Å². The monoisotopic (exact) mass is 528 g/mol. The lowest BCUT2D eigenvalue weighted by Crippen LogP contribution is -2.59. The van der Waals surface area contributed by atoms with Gasteiger partial charge in [0.25, 0.3) is 11.7 Å². The summed E-state index contributed by atoms with van der Waals surface area (Å²) in [5.74, 6) is -1.20. The maximum atomic E-state index is 13.3. The Bertz CT molecular complexity index is 1130. The fourth-order valence-corrected chi connectivity index (χ4v) is 5.56. The fourth-order valence-electron chi connectivity index (χ4n) is 5.03. The molecule has 4 rings (SSSR count). The quantitative estimate of drug-likeness (QED) is 0.393. The lowest BCUT2D eigenvalue weighted by molar-refractivity contribution is -0.148. The second-order valence-electron chi connectivity index (χ2n) is 9.29. The third kappa shape index (κ3) is 6.27. The molecule has 1 N–H and O–H groups in total. The van der Waals surface area contributed by atoms with E-state index in [0.29, 0.717) is 23.2 Å². The van der Waals surface area contributed by atoms with Crippen LogP contribution in [0.4, 0.5) is 5.13 Å². The highest BCUT2D eigenvalue weighted by Gasteiger charge is 2.38. The van der Waals surface area contributed by atoms with E-state index in [4.69, 9.17) is 9.47 Å². The van der Waals surface area contributed by atoms with E-state index < -0.39 is 17.7 Å². The smallest absolute Gasteiger partial charge is 0.295 e. The molecule has 1 aliphatic heterocycles. The molecule has 0 spiro atoms. The summed E-state index contributed by atoms with van der Waals surface area (Å²) in [5.41, 5.74) is 0.0692. The minimum atomic E-state index is -0.796. The van der Waals surface area contributed by atoms with Crippen molar-refractivity contribution in [1.29, 1.82) is 0 Å². The van der Waals surface area contributed by atoms with Gasteiger partial charge in [-0.1, -0.05) is 32.1 Å². The molecular formula is C26H32N4O6S. The van der Waals surface area contributed by atoms with Crippen LogP contribution in [0.25, 0.3) is 0 Å². The third-order valence-electron chi connectivity index (χ3n) is 7.01. The van der Waals surface area contributed by atoms with Crippen molar-refractivity contribution in [3.05, 3.63) is 35.3 Å². The Morgan fingerprint density at radius 2 is 1.92 bits per heavy atom. The molecule has 3 amide bonds. The van der Waals surface area contributed by atoms with Crippen LogP contribution in [0.2, 0.25) is 0 Å². The van der Waals surface area contributed by atoms with Gasteiger partial charge in [0.05, 0.1) is 19.8 Å². The Morgan fingerprint density at radius 3 is 2.57 bits per heavy atom. The highest BCUT2D eigenvalue weighted by Crippen LogP contribution is 2.30. The SMILES string of the molecule is COc1ccc(OC)c(C(=O)C(=O)N2CCN([C@@H](CC3CCCCC3)C(=O)Nc3nccs3)C(=O)C2)c1. The van der Waals surface area contributed by atoms with Crippen molar-refractivity contribution < 1.29 is 28.7 Å². The molecule has 11 heteroatoms. The van der Waals surface area contributed by atoms with Gasteiger partial charge in [-0.05, 0) is 30.5 Å². The van der Waals surface area contributed by atoms with E-state index >= 15 is 0 Å². The molecule has 1 saturated heterocycles. The minimum Gasteiger partial charge on any atom is -0.497 e. The fraction of sp³-hybridized carbons (Fsp3) is 0.500. The molecule has 0 bridgehead atoms. The van der Waals surface area contributed by atoms with Crippen molar-refractivity contribution in [3.63, 3.8) is 0 Å². The molecule has 37 heavy (non-hydrogen) atoms. The first-order valence-corrected chi connectivity index (χ1v) is 13.3. The minimum absolute atomic E-state index is 0.0692. The molecule has 1 aliphatic carbocycles. The van der Waals surface area contributed by atoms with E-state index in [1.807, 2.05) is 0 Å². The normalized spacial score (nSPS) is 17.3. The average molecular weight is 529 g/mol. The molecule has 1 aromatic heterocycles. The molecule has 2 aliphatic rings. The Balaban J connectivity index is 1.47. The predicted octanol–water partition coefficient (Wildman–Crippen LogP) is 2.99. The molecule has 0 unspecified atom stereocenters. The standard InChI is InChI=1S/C26H32N4O6S/c1-35-18-8-9-21(36-2)19(15-18)23(32)25(34)29-11-12-30(22(31)16-29)20(14-17-6-4-3-5-7-17)24(33)28-26-27-10-13-37-26/h8-10,13,15,17,20H,3-7,11-12,14,16H2,1-2H3,(H,27,28,33)/t20-/m0/s1. The summed E-state index contributed by atoms with van der Waals surface area (Å²) < 4.78 is 10.4. The molecule has 1 atom stereocenters. The van der Waals surface area contributed by atoms with Crippen LogP contribution in [0.15, 0.2) is 29.8 Å². The number of methoxy groups -OCH3 is 2. The number of ether oxygens (including phenoxy) is 2. The number of carbonyl (C=O) groups excluding carboxylic acids is 4. The van der Waals surface area contributed by atoms with Gasteiger partial charge in [0.1, 0.15) is 24.1 Å². The van der Waals surface area contributed by atoms with Crippen molar-refractivity contribution in [2.45, 2.75) is 44.6 Å². The Hall–Kier alpha value is -3.47. The van der Waals surface area contributed by atoms with Gasteiger partial charge in [0.15, 0.2) is 5.13 Å². The number of nitrogens with one attached hydrogen (secondary N) is 1. The Kier molecular flexibility index (Phi) is 8.75. The van der Waals surface area contributed by atoms with E-state index in [2.05, 4.69) is 10.3 Å². The van der Waals surface area contributed by atoms with Gasteiger partial charge >= 0.3 is 0 Å². The molecular weight excluding hydrogens is 496 g/mol. The summed E-state index contributed by atoms with van der Waals surface area (Å²) in [6, 6.07) is 3.97. The van der Waals surface area contributed by atoms with Gasteiger partial charge < -0.3 is 24.6 Å². The van der Waals surface area contributed by atoms with Crippen molar-refractivity contribution in [2.24, 2.45) is 5.92 Å². The zero-order valence-electron chi connectivity index (χ0n) is 21.1. The lowest BCUT2D eigenvalue weighted by Gasteiger charge is -2.39. The number of rotatable bonds is 9. The highest BCUT2D eigenvalue weighted by molar-refractivity contribution is 7.13. The summed E-state index contributed by atoms with van der Waals surface area (Å²) in [4.78, 5) is 59.6. The summed E-state index contributed by atoms with van der Waals surface area (Å²) >= 11 is 1.32. The molecule has 1 aromatic carbocycles. The van der Waals surface area contributed by atoms with Crippen LogP contribution in [0.3, 0.4) is 0 Å². The highest BCUT2D eigenvalue weighted by atomic mass is 32.1. The van der Waals surface area contributed by atoms with Gasteiger partial charge in [0, 0.05) is 24.7 Å². The number of hydrogen-bond donors (Lipinski definition) is 1. The number of anilines is 1. The summed E-state index contributed by atoms with van der Waals surface area (Å²) in [7, 11) is 2.87. The summed E-state index contributed by atoms with van der Waals surface area (Å²) in [5, 5.41) is 5.10. The first kappa shape index (κ1) is 26.6. The largest absolute Gasteiger partial charge is 0.497 e. The van der Waals surface area contributed by atoms with Gasteiger partial charge in [0.2, 0.25) is 11.8 Å². The van der Waals surface area contributed by atoms with Crippen LogP contribution < -0.4 is 14.8 Å². The number of Topliss-reactive ketones (excluding diaryl/α,β-unsaturated/α-hetero) is 1. The predicted molar refractivity (Wildman–Crippen MR) is 138 cm³/mol. The van der Waals surface area contributed by atoms with E-state index in [1.54, 1.807) is 28.6 Å². The van der Waals surface area contributed by atoms with Crippen LogP contribution in [0, 0.1) is 5.92 Å². The van der Waals surface area contributed by atoms with Gasteiger partial charge in [-0.25, -0.2) is 4.98 Å². The maximum Gasteiger partial charge on any atom is 0.295 e. The Labute approximate surface area is 219 Å². The van der Waals surface area contributed by atoms with E-state index in [1.165, 1.54) is 42.9 Å². The van der Waals surface area contributed by atoms with E-state index in [-0.39, 0.29) is 42.8 Å². The first-order valence-electron chi connectivity index (χ1n) is 12.5. The number of nitrogens with zero attached hydrogens (tertiary/aromatic N) is 3. The molecule has 1 saturated carbocycles. The number of thiazole rings is 1. The van der Waals surface area contributed by atoms with Crippen LogP contribution in [-0.4, -0.2) is 78.2 Å². The lowest BCUT2D eigenvalue weighted by atomic mass is 9.84. The van der Waals surface area contributed by atoms with Gasteiger partial charge in [-0.3, -0.25) is 19.2 Å². The molecule has 2 heterocycles. The van der Waals surface area contributed by atoms with Crippen molar-refractivity contribution in [1.82, 2.24) is 14.8 Å². The van der Waals surface area contributed by atoms with Crippen molar-refractivity contribution in [3.8, 4) is 11.5 Å². The number of ketones is 1. The topological polar surface area (TPSA) is 118 Å². The maximum absolute atomic E-state index is 13.3. The van der Waals surface area contributed by atoms with Crippen LogP contribution in [0.5, 0.6) is 11.5 Å². The van der Waals surface area contributed by atoms with Gasteiger partial charge in [-0.2, -0.15) is 0 Å². The molecule has 10 nitrogen and oxygen atoms in total. The zero-order valence-corrected chi connectivity index (χ0v) is 21.9. The Morgan fingerprint density at radius 1 is 1.14 bits per heavy atom. The number of hydrogen-bond acceptors (Lipinski definition) is 8. The zero-order chi connectivity index (χ0) is 26.4. The average Bonchev–Trinajstić information content (AvgIpc) is 3.44. The van der Waals surface area contributed by atoms with Crippen LogP contribution >= 0.6 is 11.3 Å². The number of amides is 3. The number of benzene rings is 1. The third-order valence-corrected chi connectivity index (χ3v) is 7.70. The molecule has 2 aromatic rings. The van der Waals surface area contributed by atoms with E-state index in [9.17, 15) is 19.2 Å².